The smallest absolute Gasteiger partial charge is 0.128 e. The Morgan fingerprint density at radius 3 is 2.85 bits per heavy atom. The quantitative estimate of drug-likeness (QED) is 0.712. The molecule has 0 aliphatic heterocycles. The number of aryl methyl sites for hydroxylation is 1. The topological polar surface area (TPSA) is 32.0 Å². The van der Waals surface area contributed by atoms with Crippen molar-refractivity contribution in [2.75, 3.05) is 6.61 Å². The number of fused-ring (bicyclic) bond motifs is 1. The third-order valence-electron chi connectivity index (χ3n) is 3.45. The van der Waals surface area contributed by atoms with Gasteiger partial charge in [-0.1, -0.05) is 6.92 Å². The lowest BCUT2D eigenvalue weighted by Gasteiger charge is -2.07. The van der Waals surface area contributed by atoms with Gasteiger partial charge in [0.05, 0.1) is 13.2 Å². The first-order chi connectivity index (χ1) is 9.78. The predicted molar refractivity (Wildman–Crippen MR) is 80.0 cm³/mol. The molecule has 2 aromatic heterocycles. The highest BCUT2D eigenvalue weighted by Gasteiger charge is 2.06. The van der Waals surface area contributed by atoms with Crippen LogP contribution in [0.5, 0.6) is 5.75 Å². The van der Waals surface area contributed by atoms with E-state index in [4.69, 9.17) is 4.74 Å². The van der Waals surface area contributed by atoms with E-state index in [0.717, 1.165) is 31.1 Å². The Bertz CT molecular complexity index is 711. The lowest BCUT2D eigenvalue weighted by atomic mass is 10.2. The summed E-state index contributed by atoms with van der Waals surface area (Å²) < 4.78 is 9.93. The lowest BCUT2D eigenvalue weighted by molar-refractivity contribution is 0.318. The minimum absolute atomic E-state index is 0.763. The van der Waals surface area contributed by atoms with E-state index in [-0.39, 0.29) is 0 Å². The maximum Gasteiger partial charge on any atom is 0.128 e. The van der Waals surface area contributed by atoms with Gasteiger partial charge in [0.2, 0.25) is 0 Å². The second-order valence-corrected chi connectivity index (χ2v) is 4.97. The van der Waals surface area contributed by atoms with Gasteiger partial charge in [-0.05, 0) is 30.7 Å². The molecule has 20 heavy (non-hydrogen) atoms. The van der Waals surface area contributed by atoms with Gasteiger partial charge in [0.15, 0.2) is 0 Å². The van der Waals surface area contributed by atoms with Crippen molar-refractivity contribution in [1.29, 1.82) is 0 Å². The molecule has 0 bridgehead atoms. The van der Waals surface area contributed by atoms with Crippen LogP contribution in [-0.2, 0) is 13.6 Å². The molecule has 4 nitrogen and oxygen atoms in total. The SMILES string of the molecule is CCCOc1ccc2c(ccn2Cc2nccn2C)c1. The maximum atomic E-state index is 5.67. The minimum Gasteiger partial charge on any atom is -0.494 e. The van der Waals surface area contributed by atoms with Gasteiger partial charge < -0.3 is 13.9 Å². The Morgan fingerprint density at radius 2 is 2.10 bits per heavy atom. The number of aromatic nitrogens is 3. The standard InChI is InChI=1S/C16H19N3O/c1-3-10-20-14-4-5-15-13(11-14)6-8-19(15)12-16-17-7-9-18(16)2/h4-9,11H,3,10,12H2,1-2H3. The molecule has 104 valence electrons. The van der Waals surface area contributed by atoms with Crippen LogP contribution in [0.1, 0.15) is 19.2 Å². The molecular weight excluding hydrogens is 250 g/mol. The Hall–Kier alpha value is -2.23. The van der Waals surface area contributed by atoms with Crippen molar-refractivity contribution in [3.63, 3.8) is 0 Å². The second-order valence-electron chi connectivity index (χ2n) is 4.97. The number of nitrogens with zero attached hydrogens (tertiary/aromatic N) is 3. The van der Waals surface area contributed by atoms with Crippen LogP contribution in [0.2, 0.25) is 0 Å². The van der Waals surface area contributed by atoms with Crippen molar-refractivity contribution in [2.24, 2.45) is 7.05 Å². The Morgan fingerprint density at radius 1 is 1.20 bits per heavy atom. The molecule has 3 rings (SSSR count). The fourth-order valence-electron chi connectivity index (χ4n) is 2.33. The van der Waals surface area contributed by atoms with Gasteiger partial charge >= 0.3 is 0 Å². The lowest BCUT2D eigenvalue weighted by Crippen LogP contribution is -2.04. The molecular formula is C16H19N3O. The molecule has 0 N–H and O–H groups in total. The van der Waals surface area contributed by atoms with Gasteiger partial charge in [-0.3, -0.25) is 0 Å². The minimum atomic E-state index is 0.763. The van der Waals surface area contributed by atoms with Crippen LogP contribution < -0.4 is 4.74 Å². The molecule has 2 heterocycles. The fourth-order valence-corrected chi connectivity index (χ4v) is 2.33. The summed E-state index contributed by atoms with van der Waals surface area (Å²) in [4.78, 5) is 4.37. The van der Waals surface area contributed by atoms with E-state index in [2.05, 4.69) is 40.9 Å². The zero-order valence-corrected chi connectivity index (χ0v) is 11.9. The highest BCUT2D eigenvalue weighted by Crippen LogP contribution is 2.22. The Labute approximate surface area is 118 Å². The number of benzene rings is 1. The number of ether oxygens (including phenoxy) is 1. The van der Waals surface area contributed by atoms with E-state index >= 15 is 0 Å². The summed E-state index contributed by atoms with van der Waals surface area (Å²) in [7, 11) is 2.02. The third kappa shape index (κ3) is 2.41. The Kier molecular flexibility index (Phi) is 3.46. The van der Waals surface area contributed by atoms with Crippen molar-refractivity contribution in [3.8, 4) is 5.75 Å². The monoisotopic (exact) mass is 269 g/mol. The van der Waals surface area contributed by atoms with Crippen molar-refractivity contribution in [3.05, 3.63) is 48.7 Å². The summed E-state index contributed by atoms with van der Waals surface area (Å²) in [5.74, 6) is 1.99. The molecule has 0 radical (unpaired) electrons. The molecule has 3 aromatic rings. The molecule has 0 fully saturated rings. The van der Waals surface area contributed by atoms with E-state index in [1.54, 1.807) is 0 Å². The van der Waals surface area contributed by atoms with Crippen molar-refractivity contribution in [2.45, 2.75) is 19.9 Å². The molecule has 0 saturated heterocycles. The van der Waals surface area contributed by atoms with Crippen LogP contribution in [0, 0.1) is 0 Å². The molecule has 0 unspecified atom stereocenters. The zero-order valence-electron chi connectivity index (χ0n) is 11.9. The maximum absolute atomic E-state index is 5.67. The number of hydrogen-bond donors (Lipinski definition) is 0. The summed E-state index contributed by atoms with van der Waals surface area (Å²) in [5, 5.41) is 1.20. The average molecular weight is 269 g/mol. The van der Waals surface area contributed by atoms with Crippen molar-refractivity contribution in [1.82, 2.24) is 14.1 Å². The molecule has 1 aromatic carbocycles. The van der Waals surface area contributed by atoms with Crippen LogP contribution in [-0.4, -0.2) is 20.7 Å². The summed E-state index contributed by atoms with van der Waals surface area (Å²) in [6.07, 6.45) is 6.93. The molecule has 0 aliphatic carbocycles. The van der Waals surface area contributed by atoms with Gasteiger partial charge in [-0.15, -0.1) is 0 Å². The first-order valence-corrected chi connectivity index (χ1v) is 6.96. The largest absolute Gasteiger partial charge is 0.494 e. The predicted octanol–water partition coefficient (Wildman–Crippen LogP) is 3.21. The van der Waals surface area contributed by atoms with E-state index in [9.17, 15) is 0 Å². The van der Waals surface area contributed by atoms with Crippen LogP contribution in [0.15, 0.2) is 42.9 Å². The van der Waals surface area contributed by atoms with Crippen LogP contribution in [0.4, 0.5) is 0 Å². The third-order valence-corrected chi connectivity index (χ3v) is 3.45. The average Bonchev–Trinajstić information content (AvgIpc) is 3.04. The molecule has 0 aliphatic rings. The summed E-state index contributed by atoms with van der Waals surface area (Å²) >= 11 is 0. The summed E-state index contributed by atoms with van der Waals surface area (Å²) in [6, 6.07) is 8.37. The second kappa shape index (κ2) is 5.41. The number of imidazole rings is 1. The van der Waals surface area contributed by atoms with Gasteiger partial charge in [0.25, 0.3) is 0 Å². The van der Waals surface area contributed by atoms with E-state index in [0.29, 0.717) is 0 Å². The summed E-state index contributed by atoms with van der Waals surface area (Å²) in [5.41, 5.74) is 1.21. The molecule has 0 atom stereocenters. The van der Waals surface area contributed by atoms with Crippen LogP contribution >= 0.6 is 0 Å². The number of hydrogen-bond acceptors (Lipinski definition) is 2. The highest BCUT2D eigenvalue weighted by atomic mass is 16.5. The van der Waals surface area contributed by atoms with Gasteiger partial charge in [0, 0.05) is 36.5 Å². The fraction of sp³-hybridized carbons (Fsp3) is 0.312. The van der Waals surface area contributed by atoms with Crippen LogP contribution in [0.3, 0.4) is 0 Å². The molecule has 4 heteroatoms. The van der Waals surface area contributed by atoms with Crippen LogP contribution in [0.25, 0.3) is 10.9 Å². The molecule has 0 amide bonds. The normalized spacial score (nSPS) is 11.1. The number of rotatable bonds is 5. The highest BCUT2D eigenvalue weighted by molar-refractivity contribution is 5.81. The summed E-state index contributed by atoms with van der Waals surface area (Å²) in [6.45, 7) is 3.66. The van der Waals surface area contributed by atoms with Gasteiger partial charge in [-0.25, -0.2) is 4.98 Å². The van der Waals surface area contributed by atoms with Crippen molar-refractivity contribution < 1.29 is 4.74 Å². The van der Waals surface area contributed by atoms with Gasteiger partial charge in [-0.2, -0.15) is 0 Å². The molecule has 0 saturated carbocycles. The first kappa shape index (κ1) is 12.8. The van der Waals surface area contributed by atoms with E-state index in [1.165, 1.54) is 10.9 Å². The first-order valence-electron chi connectivity index (χ1n) is 6.96. The molecule has 0 spiro atoms. The zero-order chi connectivity index (χ0) is 13.9. The Balaban J connectivity index is 1.88. The van der Waals surface area contributed by atoms with E-state index < -0.39 is 0 Å². The van der Waals surface area contributed by atoms with Gasteiger partial charge in [0.1, 0.15) is 11.6 Å². The van der Waals surface area contributed by atoms with Crippen molar-refractivity contribution >= 4 is 10.9 Å². The van der Waals surface area contributed by atoms with E-state index in [1.807, 2.05) is 30.1 Å².